The van der Waals surface area contributed by atoms with Gasteiger partial charge in [-0.2, -0.15) is 0 Å². The van der Waals surface area contributed by atoms with Crippen LogP contribution in [0.3, 0.4) is 0 Å². The molecule has 0 radical (unpaired) electrons. The van der Waals surface area contributed by atoms with Gasteiger partial charge in [-0.1, -0.05) is 56.1 Å². The first kappa shape index (κ1) is 13.6. The van der Waals surface area contributed by atoms with Gasteiger partial charge in [0.05, 0.1) is 0 Å². The Hall–Kier alpha value is -1.84. The third-order valence-electron chi connectivity index (χ3n) is 4.36. The van der Waals surface area contributed by atoms with Crippen LogP contribution < -0.4 is 0 Å². The first-order valence-electron chi connectivity index (χ1n) is 7.34. The van der Waals surface area contributed by atoms with Crippen molar-refractivity contribution in [1.82, 2.24) is 0 Å². The van der Waals surface area contributed by atoms with E-state index in [9.17, 15) is 0 Å². The van der Waals surface area contributed by atoms with Crippen LogP contribution >= 0.6 is 31.9 Å². The number of hydrogen-bond donors (Lipinski definition) is 0. The molecule has 1 nitrogen and oxygen atoms in total. The van der Waals surface area contributed by atoms with Gasteiger partial charge in [-0.3, -0.25) is 0 Å². The second kappa shape index (κ2) is 4.83. The van der Waals surface area contributed by atoms with Crippen LogP contribution in [0.5, 0.6) is 0 Å². The third-order valence-corrected chi connectivity index (χ3v) is 5.35. The SMILES string of the molecule is Brc1ccc2c(c1)c1cc(Br)ccc1c1c3ccccc3oc21. The predicted molar refractivity (Wildman–Crippen MR) is 104 cm³/mol. The molecule has 5 aromatic rings. The summed E-state index contributed by atoms with van der Waals surface area (Å²) in [5, 5.41) is 7.15. The quantitative estimate of drug-likeness (QED) is 0.235. The van der Waals surface area contributed by atoms with Crippen molar-refractivity contribution >= 4 is 75.3 Å². The van der Waals surface area contributed by atoms with Gasteiger partial charge >= 0.3 is 0 Å². The molecular formula is C20H10Br2O. The smallest absolute Gasteiger partial charge is 0.143 e. The zero-order valence-electron chi connectivity index (χ0n) is 11.9. The van der Waals surface area contributed by atoms with Crippen molar-refractivity contribution in [3.05, 3.63) is 69.6 Å². The highest BCUT2D eigenvalue weighted by atomic mass is 79.9. The van der Waals surface area contributed by atoms with E-state index < -0.39 is 0 Å². The van der Waals surface area contributed by atoms with Gasteiger partial charge in [-0.15, -0.1) is 0 Å². The molecular weight excluding hydrogens is 416 g/mol. The van der Waals surface area contributed by atoms with Gasteiger partial charge in [-0.25, -0.2) is 0 Å². The molecule has 0 unspecified atom stereocenters. The fraction of sp³-hybridized carbons (Fsp3) is 0. The average molecular weight is 426 g/mol. The topological polar surface area (TPSA) is 13.1 Å². The molecule has 3 heteroatoms. The summed E-state index contributed by atoms with van der Waals surface area (Å²) in [6.07, 6.45) is 0. The van der Waals surface area contributed by atoms with Crippen LogP contribution in [0.4, 0.5) is 0 Å². The van der Waals surface area contributed by atoms with Crippen LogP contribution in [0.1, 0.15) is 0 Å². The summed E-state index contributed by atoms with van der Waals surface area (Å²) in [5.74, 6) is 0. The minimum Gasteiger partial charge on any atom is -0.455 e. The zero-order chi connectivity index (χ0) is 15.6. The number of halogens is 2. The highest BCUT2D eigenvalue weighted by Crippen LogP contribution is 2.41. The maximum absolute atomic E-state index is 6.22. The van der Waals surface area contributed by atoms with E-state index in [4.69, 9.17) is 4.42 Å². The standard InChI is InChI=1S/C20H10Br2O/c21-11-5-7-13-16(9-11)17-10-12(22)6-8-14(17)20-19(13)15-3-1-2-4-18(15)23-20/h1-10H. The van der Waals surface area contributed by atoms with E-state index in [2.05, 4.69) is 80.4 Å². The maximum Gasteiger partial charge on any atom is 0.143 e. The first-order valence-corrected chi connectivity index (χ1v) is 8.93. The molecule has 0 aliphatic carbocycles. The van der Waals surface area contributed by atoms with Crippen LogP contribution in [0.15, 0.2) is 74.0 Å². The molecule has 0 saturated carbocycles. The summed E-state index contributed by atoms with van der Waals surface area (Å²) < 4.78 is 8.37. The highest BCUT2D eigenvalue weighted by Gasteiger charge is 2.15. The van der Waals surface area contributed by atoms with Gasteiger partial charge in [0.2, 0.25) is 0 Å². The number of para-hydroxylation sites is 1. The van der Waals surface area contributed by atoms with E-state index in [0.717, 1.165) is 25.5 Å². The molecule has 0 aliphatic heterocycles. The summed E-state index contributed by atoms with van der Waals surface area (Å²) in [4.78, 5) is 0. The molecule has 0 bridgehead atoms. The minimum atomic E-state index is 0.933. The fourth-order valence-electron chi connectivity index (χ4n) is 3.40. The molecule has 5 rings (SSSR count). The Kier molecular flexibility index (Phi) is 2.85. The number of rotatable bonds is 0. The highest BCUT2D eigenvalue weighted by molar-refractivity contribution is 9.10. The summed E-state index contributed by atoms with van der Waals surface area (Å²) in [6, 6.07) is 21.1. The Morgan fingerprint density at radius 1 is 0.609 bits per heavy atom. The first-order chi connectivity index (χ1) is 11.2. The predicted octanol–water partition coefficient (Wildman–Crippen LogP) is 7.42. The number of hydrogen-bond acceptors (Lipinski definition) is 1. The second-order valence-electron chi connectivity index (χ2n) is 5.68. The van der Waals surface area contributed by atoms with E-state index >= 15 is 0 Å². The number of fused-ring (bicyclic) bond motifs is 8. The second-order valence-corrected chi connectivity index (χ2v) is 7.51. The normalized spacial score (nSPS) is 11.9. The van der Waals surface area contributed by atoms with Gasteiger partial charge in [0.25, 0.3) is 0 Å². The summed E-state index contributed by atoms with van der Waals surface area (Å²) >= 11 is 7.20. The lowest BCUT2D eigenvalue weighted by molar-refractivity contribution is 0.673. The van der Waals surface area contributed by atoms with Crippen LogP contribution in [0, 0.1) is 0 Å². The Morgan fingerprint density at radius 3 is 2.04 bits per heavy atom. The Bertz CT molecular complexity index is 1230. The third kappa shape index (κ3) is 1.90. The molecule has 0 amide bonds. The van der Waals surface area contributed by atoms with Gasteiger partial charge < -0.3 is 4.42 Å². The monoisotopic (exact) mass is 424 g/mol. The molecule has 0 aliphatic rings. The summed E-state index contributed by atoms with van der Waals surface area (Å²) in [5.41, 5.74) is 1.89. The van der Waals surface area contributed by atoms with Crippen molar-refractivity contribution in [3.8, 4) is 0 Å². The maximum atomic E-state index is 6.22. The molecule has 110 valence electrons. The fourth-order valence-corrected chi connectivity index (χ4v) is 4.12. The zero-order valence-corrected chi connectivity index (χ0v) is 15.1. The van der Waals surface area contributed by atoms with Crippen molar-refractivity contribution in [2.24, 2.45) is 0 Å². The molecule has 1 aromatic heterocycles. The van der Waals surface area contributed by atoms with E-state index in [1.54, 1.807) is 0 Å². The van der Waals surface area contributed by atoms with Crippen molar-refractivity contribution in [2.45, 2.75) is 0 Å². The summed E-state index contributed by atoms with van der Waals surface area (Å²) in [6.45, 7) is 0. The van der Waals surface area contributed by atoms with Crippen molar-refractivity contribution in [1.29, 1.82) is 0 Å². The Morgan fingerprint density at radius 2 is 1.26 bits per heavy atom. The summed E-state index contributed by atoms with van der Waals surface area (Å²) in [7, 11) is 0. The van der Waals surface area contributed by atoms with Gasteiger partial charge in [0, 0.05) is 25.1 Å². The molecule has 0 N–H and O–H groups in total. The lowest BCUT2D eigenvalue weighted by atomic mass is 9.97. The molecule has 23 heavy (non-hydrogen) atoms. The molecule has 1 heterocycles. The van der Waals surface area contributed by atoms with Crippen molar-refractivity contribution in [3.63, 3.8) is 0 Å². The van der Waals surface area contributed by atoms with Crippen LogP contribution in [0.25, 0.3) is 43.5 Å². The van der Waals surface area contributed by atoms with Crippen molar-refractivity contribution in [2.75, 3.05) is 0 Å². The lowest BCUT2D eigenvalue weighted by Crippen LogP contribution is -1.81. The average Bonchev–Trinajstić information content (AvgIpc) is 2.94. The van der Waals surface area contributed by atoms with Gasteiger partial charge in [0.15, 0.2) is 0 Å². The lowest BCUT2D eigenvalue weighted by Gasteiger charge is -2.07. The van der Waals surface area contributed by atoms with Gasteiger partial charge in [-0.05, 0) is 52.6 Å². The van der Waals surface area contributed by atoms with E-state index in [1.807, 2.05) is 12.1 Å². The molecule has 0 atom stereocenters. The van der Waals surface area contributed by atoms with Crippen LogP contribution in [-0.4, -0.2) is 0 Å². The molecule has 0 saturated heterocycles. The van der Waals surface area contributed by atoms with Crippen molar-refractivity contribution < 1.29 is 4.42 Å². The van der Waals surface area contributed by atoms with E-state index in [-0.39, 0.29) is 0 Å². The molecule has 0 fully saturated rings. The molecule has 0 spiro atoms. The number of benzene rings is 4. The minimum absolute atomic E-state index is 0.933. The van der Waals surface area contributed by atoms with E-state index in [1.165, 1.54) is 26.9 Å². The number of furan rings is 1. The Balaban J connectivity index is 2.20. The van der Waals surface area contributed by atoms with Crippen LogP contribution in [0.2, 0.25) is 0 Å². The van der Waals surface area contributed by atoms with Gasteiger partial charge in [0.1, 0.15) is 11.2 Å². The van der Waals surface area contributed by atoms with E-state index in [0.29, 0.717) is 0 Å². The largest absolute Gasteiger partial charge is 0.455 e. The van der Waals surface area contributed by atoms with Crippen LogP contribution in [-0.2, 0) is 0 Å². The molecule has 4 aromatic carbocycles. The Labute approximate surface area is 149 Å².